The van der Waals surface area contributed by atoms with Crippen molar-refractivity contribution in [2.75, 3.05) is 10.2 Å². The van der Waals surface area contributed by atoms with E-state index in [9.17, 15) is 22.8 Å². The topological polar surface area (TPSA) is 54.3 Å². The number of benzene rings is 3. The van der Waals surface area contributed by atoms with Crippen LogP contribution in [0, 0.1) is 0 Å². The van der Waals surface area contributed by atoms with Gasteiger partial charge in [0.05, 0.1) is 39.0 Å². The second-order valence-corrected chi connectivity index (χ2v) is 9.27. The van der Waals surface area contributed by atoms with Gasteiger partial charge in [0.25, 0.3) is 11.8 Å². The number of aromatic nitrogens is 1. The van der Waals surface area contributed by atoms with Gasteiger partial charge in [-0.1, -0.05) is 53.5 Å². The average molecular weight is 544 g/mol. The van der Waals surface area contributed by atoms with E-state index in [0.717, 1.165) is 29.1 Å². The number of halogens is 5. The fourth-order valence-electron chi connectivity index (χ4n) is 4.34. The third-order valence-corrected chi connectivity index (χ3v) is 6.75. The van der Waals surface area contributed by atoms with Crippen LogP contribution in [0.5, 0.6) is 0 Å². The molecule has 0 atom stereocenters. The fourth-order valence-corrected chi connectivity index (χ4v) is 4.79. The highest BCUT2D eigenvalue weighted by Gasteiger charge is 2.35. The number of nitrogens with zero attached hydrogens (tertiary/aromatic N) is 2. The Labute approximate surface area is 220 Å². The molecule has 3 aromatic carbocycles. The molecule has 5 rings (SSSR count). The lowest BCUT2D eigenvalue weighted by molar-refractivity contribution is -0.137. The Morgan fingerprint density at radius 3 is 2.35 bits per heavy atom. The summed E-state index contributed by atoms with van der Waals surface area (Å²) in [5.74, 6) is -1.42. The predicted octanol–water partition coefficient (Wildman–Crippen LogP) is 7.27. The number of para-hydroxylation sites is 1. The quantitative estimate of drug-likeness (QED) is 0.295. The van der Waals surface area contributed by atoms with Crippen LogP contribution in [0.4, 0.5) is 24.5 Å². The van der Waals surface area contributed by atoms with Gasteiger partial charge in [-0.3, -0.25) is 9.59 Å². The molecule has 0 fully saturated rings. The predicted molar refractivity (Wildman–Crippen MR) is 136 cm³/mol. The molecule has 4 aromatic rings. The second kappa shape index (κ2) is 9.61. The first-order valence-electron chi connectivity index (χ1n) is 11.1. The van der Waals surface area contributed by atoms with Gasteiger partial charge in [0.15, 0.2) is 0 Å². The molecule has 1 aliphatic rings. The van der Waals surface area contributed by atoms with Crippen molar-refractivity contribution in [2.24, 2.45) is 0 Å². The molecular formula is C27H18Cl2F3N3O2. The number of carbonyl (C=O) groups excluding carboxylic acids is 2. The van der Waals surface area contributed by atoms with Crippen LogP contribution in [0.1, 0.15) is 37.5 Å². The lowest BCUT2D eigenvalue weighted by Gasteiger charge is -2.23. The molecule has 2 heterocycles. The number of rotatable bonds is 3. The van der Waals surface area contributed by atoms with Crippen LogP contribution in [-0.2, 0) is 19.3 Å². The van der Waals surface area contributed by atoms with E-state index < -0.39 is 29.1 Å². The van der Waals surface area contributed by atoms with Gasteiger partial charge in [-0.05, 0) is 48.0 Å². The highest BCUT2D eigenvalue weighted by atomic mass is 35.5. The second-order valence-electron chi connectivity index (χ2n) is 8.46. The number of alkyl halides is 3. The van der Waals surface area contributed by atoms with E-state index >= 15 is 0 Å². The smallest absolute Gasteiger partial charge is 0.345 e. The van der Waals surface area contributed by atoms with Crippen LogP contribution in [0.25, 0.3) is 0 Å². The molecule has 0 bridgehead atoms. The maximum atomic E-state index is 13.7. The van der Waals surface area contributed by atoms with E-state index in [1.165, 1.54) is 24.3 Å². The standard InChI is InChI=1S/C27H18Cl2F3N3O2/c28-21-13-23(33-25(36)18-8-2-3-9-20(18)27(30,31)32)22(29)12-19(21)26(37)35-15-17-7-5-11-34(17)14-16-6-1-4-10-24(16)35/h1-13H,14-15H2,(H,33,36). The van der Waals surface area contributed by atoms with Gasteiger partial charge in [0, 0.05) is 24.1 Å². The molecule has 1 aromatic heterocycles. The van der Waals surface area contributed by atoms with E-state index in [4.69, 9.17) is 23.2 Å². The van der Waals surface area contributed by atoms with Gasteiger partial charge in [0.1, 0.15) is 0 Å². The largest absolute Gasteiger partial charge is 0.417 e. The molecule has 2 amide bonds. The average Bonchev–Trinajstić information content (AvgIpc) is 3.24. The van der Waals surface area contributed by atoms with Crippen LogP contribution in [0.3, 0.4) is 0 Å². The van der Waals surface area contributed by atoms with Crippen molar-refractivity contribution in [1.29, 1.82) is 0 Å². The van der Waals surface area contributed by atoms with Gasteiger partial charge in [-0.25, -0.2) is 0 Å². The Bertz CT molecular complexity index is 1530. The lowest BCUT2D eigenvalue weighted by atomic mass is 10.1. The molecule has 10 heteroatoms. The number of amides is 2. The molecule has 0 aliphatic carbocycles. The summed E-state index contributed by atoms with van der Waals surface area (Å²) in [7, 11) is 0. The maximum Gasteiger partial charge on any atom is 0.417 e. The van der Waals surface area contributed by atoms with E-state index in [-0.39, 0.29) is 21.3 Å². The van der Waals surface area contributed by atoms with E-state index in [1.54, 1.807) is 4.90 Å². The Morgan fingerprint density at radius 2 is 1.57 bits per heavy atom. The van der Waals surface area contributed by atoms with Crippen LogP contribution < -0.4 is 10.2 Å². The van der Waals surface area contributed by atoms with Crippen molar-refractivity contribution >= 4 is 46.4 Å². The van der Waals surface area contributed by atoms with Gasteiger partial charge in [-0.2, -0.15) is 13.2 Å². The van der Waals surface area contributed by atoms with Gasteiger partial charge in [0.2, 0.25) is 0 Å². The summed E-state index contributed by atoms with van der Waals surface area (Å²) < 4.78 is 42.1. The lowest BCUT2D eigenvalue weighted by Crippen LogP contribution is -2.31. The Morgan fingerprint density at radius 1 is 0.838 bits per heavy atom. The highest BCUT2D eigenvalue weighted by Crippen LogP contribution is 2.36. The summed E-state index contributed by atoms with van der Waals surface area (Å²) in [5, 5.41) is 2.32. The molecule has 0 saturated heterocycles. The summed E-state index contributed by atoms with van der Waals surface area (Å²) >= 11 is 12.8. The maximum absolute atomic E-state index is 13.7. The summed E-state index contributed by atoms with van der Waals surface area (Å²) in [4.78, 5) is 28.0. The number of fused-ring (bicyclic) bond motifs is 2. The van der Waals surface area contributed by atoms with Crippen LogP contribution >= 0.6 is 23.2 Å². The third kappa shape index (κ3) is 4.82. The molecule has 5 nitrogen and oxygen atoms in total. The molecule has 0 spiro atoms. The summed E-state index contributed by atoms with van der Waals surface area (Å²) in [5.41, 5.74) is 1.03. The SMILES string of the molecule is O=C(Nc1cc(Cl)c(C(=O)N2Cc3cccn3Cc3ccccc32)cc1Cl)c1ccccc1C(F)(F)F. The summed E-state index contributed by atoms with van der Waals surface area (Å²) in [6.45, 7) is 0.894. The van der Waals surface area contributed by atoms with Crippen LogP contribution in [-0.4, -0.2) is 16.4 Å². The zero-order chi connectivity index (χ0) is 26.3. The summed E-state index contributed by atoms with van der Waals surface area (Å²) in [6, 6.07) is 18.3. The van der Waals surface area contributed by atoms with Gasteiger partial charge in [-0.15, -0.1) is 0 Å². The fraction of sp³-hybridized carbons (Fsp3) is 0.111. The Kier molecular flexibility index (Phi) is 6.47. The molecular weight excluding hydrogens is 526 g/mol. The number of hydrogen-bond donors (Lipinski definition) is 1. The van der Waals surface area contributed by atoms with Crippen LogP contribution in [0.15, 0.2) is 79.0 Å². The van der Waals surface area contributed by atoms with Crippen molar-refractivity contribution in [1.82, 2.24) is 4.57 Å². The van der Waals surface area contributed by atoms with E-state index in [0.29, 0.717) is 13.1 Å². The monoisotopic (exact) mass is 543 g/mol. The number of anilines is 2. The minimum Gasteiger partial charge on any atom is -0.345 e. The zero-order valence-electron chi connectivity index (χ0n) is 19.0. The van der Waals surface area contributed by atoms with Crippen molar-refractivity contribution in [3.8, 4) is 0 Å². The first kappa shape index (κ1) is 24.9. The first-order valence-corrected chi connectivity index (χ1v) is 11.9. The number of nitrogens with one attached hydrogen (secondary N) is 1. The van der Waals surface area contributed by atoms with Crippen molar-refractivity contribution in [3.05, 3.63) is 117 Å². The van der Waals surface area contributed by atoms with Crippen molar-refractivity contribution < 1.29 is 22.8 Å². The Balaban J connectivity index is 1.46. The van der Waals surface area contributed by atoms with Crippen molar-refractivity contribution in [3.63, 3.8) is 0 Å². The van der Waals surface area contributed by atoms with E-state index in [2.05, 4.69) is 9.88 Å². The van der Waals surface area contributed by atoms with Gasteiger partial charge < -0.3 is 14.8 Å². The minimum atomic E-state index is -4.71. The molecule has 0 saturated carbocycles. The molecule has 1 aliphatic heterocycles. The number of carbonyl (C=O) groups is 2. The normalized spacial score (nSPS) is 12.9. The molecule has 0 radical (unpaired) electrons. The Hall–Kier alpha value is -3.75. The minimum absolute atomic E-state index is 0.00841. The first-order chi connectivity index (χ1) is 17.6. The van der Waals surface area contributed by atoms with Gasteiger partial charge >= 0.3 is 6.18 Å². The third-order valence-electron chi connectivity index (χ3n) is 6.12. The van der Waals surface area contributed by atoms with E-state index in [1.807, 2.05) is 42.6 Å². The number of hydrogen-bond acceptors (Lipinski definition) is 2. The summed E-state index contributed by atoms with van der Waals surface area (Å²) in [6.07, 6.45) is -2.77. The highest BCUT2D eigenvalue weighted by molar-refractivity contribution is 6.38. The zero-order valence-corrected chi connectivity index (χ0v) is 20.5. The molecule has 188 valence electrons. The van der Waals surface area contributed by atoms with Crippen LogP contribution in [0.2, 0.25) is 10.0 Å². The molecule has 0 unspecified atom stereocenters. The molecule has 37 heavy (non-hydrogen) atoms. The van der Waals surface area contributed by atoms with Crippen molar-refractivity contribution in [2.45, 2.75) is 19.3 Å². The molecule has 1 N–H and O–H groups in total.